The van der Waals surface area contributed by atoms with Crippen LogP contribution in [0.2, 0.25) is 0 Å². The summed E-state index contributed by atoms with van der Waals surface area (Å²) in [5.41, 5.74) is 6.73. The highest BCUT2D eigenvalue weighted by Crippen LogP contribution is 2.27. The van der Waals surface area contributed by atoms with Crippen molar-refractivity contribution in [3.8, 4) is 0 Å². The summed E-state index contributed by atoms with van der Waals surface area (Å²) in [4.78, 5) is 0. The Morgan fingerprint density at radius 2 is 1.67 bits per heavy atom. The zero-order valence-electron chi connectivity index (χ0n) is 13.3. The quantitative estimate of drug-likeness (QED) is 0.778. The van der Waals surface area contributed by atoms with Crippen LogP contribution in [-0.2, 0) is 6.42 Å². The molecular weight excluding hydrogens is 322 g/mol. The van der Waals surface area contributed by atoms with Gasteiger partial charge in [-0.15, -0.1) is 0 Å². The predicted octanol–water partition coefficient (Wildman–Crippen LogP) is 5.27. The monoisotopic (exact) mass is 345 g/mol. The molecule has 2 aromatic carbocycles. The van der Waals surface area contributed by atoms with Crippen molar-refractivity contribution in [2.24, 2.45) is 0 Å². The fourth-order valence-electron chi connectivity index (χ4n) is 2.68. The van der Waals surface area contributed by atoms with Crippen LogP contribution >= 0.6 is 15.9 Å². The summed E-state index contributed by atoms with van der Waals surface area (Å²) in [6.07, 6.45) is 1.02. The lowest BCUT2D eigenvalue weighted by molar-refractivity contribution is 0.547. The van der Waals surface area contributed by atoms with Gasteiger partial charge in [0.15, 0.2) is 0 Å². The van der Waals surface area contributed by atoms with Crippen molar-refractivity contribution < 1.29 is 0 Å². The molecule has 0 radical (unpaired) electrons. The fraction of sp³-hybridized carbons (Fsp3) is 0.368. The molecule has 1 N–H and O–H groups in total. The Hall–Kier alpha value is -1.12. The van der Waals surface area contributed by atoms with Crippen LogP contribution in [0.4, 0.5) is 0 Å². The molecule has 0 aliphatic rings. The van der Waals surface area contributed by atoms with Gasteiger partial charge < -0.3 is 5.32 Å². The number of aryl methyl sites for hydroxylation is 3. The average molecular weight is 346 g/mol. The van der Waals surface area contributed by atoms with E-state index in [0.29, 0.717) is 6.04 Å². The molecule has 0 aliphatic carbocycles. The topological polar surface area (TPSA) is 12.0 Å². The third-order valence-electron chi connectivity index (χ3n) is 3.93. The molecule has 2 heteroatoms. The molecular formula is C19H24BrN. The molecule has 2 rings (SSSR count). The molecule has 0 aliphatic heterocycles. The summed E-state index contributed by atoms with van der Waals surface area (Å²) >= 11 is 3.62. The molecule has 2 aromatic rings. The molecule has 0 fully saturated rings. The fourth-order valence-corrected chi connectivity index (χ4v) is 3.13. The summed E-state index contributed by atoms with van der Waals surface area (Å²) in [5.74, 6) is 0. The highest BCUT2D eigenvalue weighted by atomic mass is 79.9. The standard InChI is InChI=1S/C19H24BrN/c1-5-21-19(12-16-8-6-13(2)7-9-16)17-10-15(4)18(20)11-14(17)3/h6-11,19,21H,5,12H2,1-4H3. The molecule has 0 bridgehead atoms. The maximum Gasteiger partial charge on any atom is 0.0363 e. The molecule has 1 nitrogen and oxygen atoms in total. The zero-order chi connectivity index (χ0) is 15.4. The first-order chi connectivity index (χ1) is 10.0. The molecule has 0 saturated carbocycles. The Morgan fingerprint density at radius 3 is 2.29 bits per heavy atom. The van der Waals surface area contributed by atoms with E-state index in [1.54, 1.807) is 0 Å². The maximum absolute atomic E-state index is 3.63. The van der Waals surface area contributed by atoms with E-state index in [-0.39, 0.29) is 0 Å². The minimum Gasteiger partial charge on any atom is -0.310 e. The number of hydrogen-bond donors (Lipinski definition) is 1. The van der Waals surface area contributed by atoms with Crippen LogP contribution in [0.5, 0.6) is 0 Å². The van der Waals surface area contributed by atoms with Crippen LogP contribution in [0.3, 0.4) is 0 Å². The highest BCUT2D eigenvalue weighted by Gasteiger charge is 2.15. The summed E-state index contributed by atoms with van der Waals surface area (Å²) < 4.78 is 1.19. The lowest BCUT2D eigenvalue weighted by atomic mass is 9.93. The van der Waals surface area contributed by atoms with Gasteiger partial charge in [-0.25, -0.2) is 0 Å². The van der Waals surface area contributed by atoms with Gasteiger partial charge in [0.2, 0.25) is 0 Å². The Balaban J connectivity index is 2.30. The first-order valence-electron chi connectivity index (χ1n) is 7.56. The first kappa shape index (κ1) is 16.3. The summed E-state index contributed by atoms with van der Waals surface area (Å²) in [6.45, 7) is 9.63. The van der Waals surface area contributed by atoms with Gasteiger partial charge >= 0.3 is 0 Å². The van der Waals surface area contributed by atoms with E-state index >= 15 is 0 Å². The van der Waals surface area contributed by atoms with Crippen molar-refractivity contribution in [2.75, 3.05) is 6.54 Å². The van der Waals surface area contributed by atoms with Crippen molar-refractivity contribution in [3.05, 3.63) is 68.7 Å². The Kier molecular flexibility index (Phi) is 5.60. The van der Waals surface area contributed by atoms with Crippen molar-refractivity contribution in [3.63, 3.8) is 0 Å². The minimum absolute atomic E-state index is 0.365. The maximum atomic E-state index is 3.63. The summed E-state index contributed by atoms with van der Waals surface area (Å²) in [5, 5.41) is 3.63. The summed E-state index contributed by atoms with van der Waals surface area (Å²) in [6, 6.07) is 13.8. The van der Waals surface area contributed by atoms with E-state index in [1.165, 1.54) is 32.3 Å². The van der Waals surface area contributed by atoms with Crippen molar-refractivity contribution in [2.45, 2.75) is 40.2 Å². The molecule has 0 spiro atoms. The molecule has 21 heavy (non-hydrogen) atoms. The second kappa shape index (κ2) is 7.24. The lowest BCUT2D eigenvalue weighted by Crippen LogP contribution is -2.24. The van der Waals surface area contributed by atoms with Gasteiger partial charge in [0.25, 0.3) is 0 Å². The van der Waals surface area contributed by atoms with E-state index in [9.17, 15) is 0 Å². The number of hydrogen-bond acceptors (Lipinski definition) is 1. The number of nitrogens with one attached hydrogen (secondary N) is 1. The minimum atomic E-state index is 0.365. The van der Waals surface area contributed by atoms with E-state index in [0.717, 1.165) is 13.0 Å². The molecule has 0 saturated heterocycles. The van der Waals surface area contributed by atoms with Crippen LogP contribution in [0.15, 0.2) is 40.9 Å². The Bertz CT molecular complexity index is 602. The van der Waals surface area contributed by atoms with Crippen LogP contribution in [0.1, 0.15) is 40.8 Å². The third kappa shape index (κ3) is 4.18. The summed E-state index contributed by atoms with van der Waals surface area (Å²) in [7, 11) is 0. The van der Waals surface area contributed by atoms with Gasteiger partial charge in [0, 0.05) is 10.5 Å². The molecule has 0 amide bonds. The Morgan fingerprint density at radius 1 is 1.00 bits per heavy atom. The molecule has 112 valence electrons. The number of likely N-dealkylation sites (N-methyl/N-ethyl adjacent to an activating group) is 1. The smallest absolute Gasteiger partial charge is 0.0363 e. The van der Waals surface area contributed by atoms with Crippen LogP contribution in [0, 0.1) is 20.8 Å². The number of halogens is 1. The van der Waals surface area contributed by atoms with Gasteiger partial charge in [-0.3, -0.25) is 0 Å². The van der Waals surface area contributed by atoms with E-state index in [4.69, 9.17) is 0 Å². The first-order valence-corrected chi connectivity index (χ1v) is 8.36. The predicted molar refractivity (Wildman–Crippen MR) is 94.9 cm³/mol. The average Bonchev–Trinajstić information content (AvgIpc) is 2.45. The second-order valence-electron chi connectivity index (χ2n) is 5.76. The van der Waals surface area contributed by atoms with Crippen molar-refractivity contribution >= 4 is 15.9 Å². The largest absolute Gasteiger partial charge is 0.310 e. The van der Waals surface area contributed by atoms with Crippen molar-refractivity contribution in [1.29, 1.82) is 0 Å². The SMILES string of the molecule is CCNC(Cc1ccc(C)cc1)c1cc(C)c(Br)cc1C. The van der Waals surface area contributed by atoms with Crippen LogP contribution in [-0.4, -0.2) is 6.54 Å². The highest BCUT2D eigenvalue weighted by molar-refractivity contribution is 9.10. The Labute approximate surface area is 136 Å². The zero-order valence-corrected chi connectivity index (χ0v) is 14.9. The van der Waals surface area contributed by atoms with Gasteiger partial charge in [-0.05, 0) is 62.1 Å². The molecule has 1 atom stereocenters. The number of rotatable bonds is 5. The van der Waals surface area contributed by atoms with Gasteiger partial charge in [0.1, 0.15) is 0 Å². The van der Waals surface area contributed by atoms with Crippen LogP contribution < -0.4 is 5.32 Å². The molecule has 0 aromatic heterocycles. The lowest BCUT2D eigenvalue weighted by Gasteiger charge is -2.22. The van der Waals surface area contributed by atoms with Gasteiger partial charge in [-0.1, -0.05) is 58.7 Å². The van der Waals surface area contributed by atoms with Gasteiger partial charge in [0.05, 0.1) is 0 Å². The molecule has 0 heterocycles. The normalized spacial score (nSPS) is 12.4. The van der Waals surface area contributed by atoms with E-state index in [1.807, 2.05) is 0 Å². The van der Waals surface area contributed by atoms with Crippen LogP contribution in [0.25, 0.3) is 0 Å². The van der Waals surface area contributed by atoms with Crippen molar-refractivity contribution in [1.82, 2.24) is 5.32 Å². The van der Waals surface area contributed by atoms with E-state index in [2.05, 4.69) is 85.3 Å². The van der Waals surface area contributed by atoms with E-state index < -0.39 is 0 Å². The van der Waals surface area contributed by atoms with Gasteiger partial charge in [-0.2, -0.15) is 0 Å². The third-order valence-corrected chi connectivity index (χ3v) is 4.79. The molecule has 1 unspecified atom stereocenters. The second-order valence-corrected chi connectivity index (χ2v) is 6.61. The number of benzene rings is 2.